The molecular weight excluding hydrogens is 270 g/mol. The number of rotatable bonds is 2. The zero-order chi connectivity index (χ0) is 11.5. The molecule has 0 radical (unpaired) electrons. The highest BCUT2D eigenvalue weighted by atomic mass is 79.9. The molecular formula is C11H8BrN3O. The van der Waals surface area contributed by atoms with E-state index in [0.717, 1.165) is 10.0 Å². The van der Waals surface area contributed by atoms with Gasteiger partial charge >= 0.3 is 0 Å². The van der Waals surface area contributed by atoms with Gasteiger partial charge < -0.3 is 5.73 Å². The summed E-state index contributed by atoms with van der Waals surface area (Å²) in [5, 5.41) is 0. The number of hydrogen-bond donors (Lipinski definition) is 1. The third-order valence-electron chi connectivity index (χ3n) is 2.08. The molecule has 2 aromatic rings. The van der Waals surface area contributed by atoms with Crippen LogP contribution in [0.3, 0.4) is 0 Å². The number of nitrogen functional groups attached to an aromatic ring is 1. The molecule has 4 nitrogen and oxygen atoms in total. The quantitative estimate of drug-likeness (QED) is 0.856. The van der Waals surface area contributed by atoms with Crippen molar-refractivity contribution in [3.8, 4) is 11.4 Å². The molecule has 16 heavy (non-hydrogen) atoms. The van der Waals surface area contributed by atoms with Crippen LogP contribution >= 0.6 is 15.9 Å². The predicted molar refractivity (Wildman–Crippen MR) is 65.0 cm³/mol. The van der Waals surface area contributed by atoms with Crippen LogP contribution in [0.5, 0.6) is 0 Å². The molecule has 0 saturated carbocycles. The molecule has 1 heterocycles. The van der Waals surface area contributed by atoms with Crippen LogP contribution in [0.2, 0.25) is 0 Å². The Bertz CT molecular complexity index is 525. The number of aromatic nitrogens is 2. The zero-order valence-electron chi connectivity index (χ0n) is 8.22. The van der Waals surface area contributed by atoms with Crippen molar-refractivity contribution in [3.63, 3.8) is 0 Å². The fourth-order valence-electron chi connectivity index (χ4n) is 1.23. The van der Waals surface area contributed by atoms with E-state index in [-0.39, 0.29) is 5.82 Å². The summed E-state index contributed by atoms with van der Waals surface area (Å²) in [5.74, 6) is 0.707. The molecule has 0 unspecified atom stereocenters. The number of nitrogens with zero attached hydrogens (tertiary/aromatic N) is 2. The minimum atomic E-state index is 0.197. The predicted octanol–water partition coefficient (Wildman–Crippen LogP) is 2.30. The molecule has 0 atom stereocenters. The summed E-state index contributed by atoms with van der Waals surface area (Å²) in [5.41, 5.74) is 6.77. The van der Waals surface area contributed by atoms with Crippen LogP contribution in [0.25, 0.3) is 11.4 Å². The molecule has 80 valence electrons. The van der Waals surface area contributed by atoms with Crippen LogP contribution in [0.15, 0.2) is 34.9 Å². The van der Waals surface area contributed by atoms with Crippen LogP contribution in [-0.2, 0) is 0 Å². The Morgan fingerprint density at radius 1 is 1.25 bits per heavy atom. The van der Waals surface area contributed by atoms with Crippen LogP contribution in [0.4, 0.5) is 5.82 Å². The lowest BCUT2D eigenvalue weighted by Crippen LogP contribution is -2.00. The van der Waals surface area contributed by atoms with E-state index >= 15 is 0 Å². The Morgan fingerprint density at radius 2 is 1.94 bits per heavy atom. The van der Waals surface area contributed by atoms with Crippen LogP contribution < -0.4 is 5.73 Å². The van der Waals surface area contributed by atoms with Gasteiger partial charge in [-0.25, -0.2) is 9.97 Å². The van der Waals surface area contributed by atoms with Crippen molar-refractivity contribution in [2.24, 2.45) is 0 Å². The Hall–Kier alpha value is -1.75. The fourth-order valence-corrected chi connectivity index (χ4v) is 1.50. The molecule has 5 heteroatoms. The van der Waals surface area contributed by atoms with Gasteiger partial charge in [-0.05, 0) is 12.1 Å². The van der Waals surface area contributed by atoms with E-state index in [9.17, 15) is 4.79 Å². The summed E-state index contributed by atoms with van der Waals surface area (Å²) in [4.78, 5) is 18.7. The first-order chi connectivity index (χ1) is 7.70. The number of anilines is 1. The van der Waals surface area contributed by atoms with Gasteiger partial charge in [0.15, 0.2) is 12.1 Å². The van der Waals surface area contributed by atoms with Gasteiger partial charge in [0.25, 0.3) is 0 Å². The van der Waals surface area contributed by atoms with Gasteiger partial charge in [0.1, 0.15) is 5.82 Å². The number of nitrogens with two attached hydrogens (primary N) is 1. The number of benzene rings is 1. The van der Waals surface area contributed by atoms with Gasteiger partial charge in [0.05, 0.1) is 5.56 Å². The van der Waals surface area contributed by atoms with Crippen molar-refractivity contribution >= 4 is 28.0 Å². The Morgan fingerprint density at radius 3 is 2.50 bits per heavy atom. The van der Waals surface area contributed by atoms with Gasteiger partial charge in [0.2, 0.25) is 0 Å². The molecule has 0 aliphatic rings. The third-order valence-corrected chi connectivity index (χ3v) is 2.61. The molecule has 1 aromatic heterocycles. The highest BCUT2D eigenvalue weighted by molar-refractivity contribution is 9.10. The Labute approximate surface area is 101 Å². The van der Waals surface area contributed by atoms with Crippen molar-refractivity contribution in [1.82, 2.24) is 9.97 Å². The van der Waals surface area contributed by atoms with Crippen molar-refractivity contribution < 1.29 is 4.79 Å². The molecule has 0 aliphatic carbocycles. The molecule has 0 amide bonds. The molecule has 2 N–H and O–H groups in total. The lowest BCUT2D eigenvalue weighted by Gasteiger charge is -2.02. The smallest absolute Gasteiger partial charge is 0.161 e. The summed E-state index contributed by atoms with van der Waals surface area (Å²) in [6.45, 7) is 0. The normalized spacial score (nSPS) is 10.1. The zero-order valence-corrected chi connectivity index (χ0v) is 9.81. The maximum atomic E-state index is 10.6. The monoisotopic (exact) mass is 277 g/mol. The minimum absolute atomic E-state index is 0.197. The molecule has 1 aromatic carbocycles. The second-order valence-corrected chi connectivity index (χ2v) is 4.07. The lowest BCUT2D eigenvalue weighted by atomic mass is 10.2. The van der Waals surface area contributed by atoms with E-state index < -0.39 is 0 Å². The summed E-state index contributed by atoms with van der Waals surface area (Å²) < 4.78 is 0.980. The second kappa shape index (κ2) is 4.40. The van der Waals surface area contributed by atoms with Gasteiger partial charge in [0, 0.05) is 16.2 Å². The van der Waals surface area contributed by atoms with Gasteiger partial charge in [-0.3, -0.25) is 4.79 Å². The van der Waals surface area contributed by atoms with Crippen LogP contribution in [0.1, 0.15) is 10.4 Å². The first kappa shape index (κ1) is 10.8. The van der Waals surface area contributed by atoms with E-state index in [1.165, 1.54) is 6.20 Å². The summed E-state index contributed by atoms with van der Waals surface area (Å²) in [6, 6.07) is 7.53. The minimum Gasteiger partial charge on any atom is -0.383 e. The van der Waals surface area contributed by atoms with E-state index in [0.29, 0.717) is 17.7 Å². The highest BCUT2D eigenvalue weighted by Gasteiger charge is 2.05. The van der Waals surface area contributed by atoms with E-state index in [4.69, 9.17) is 5.73 Å². The summed E-state index contributed by atoms with van der Waals surface area (Å²) in [7, 11) is 0. The van der Waals surface area contributed by atoms with Gasteiger partial charge in [-0.15, -0.1) is 0 Å². The SMILES string of the molecule is Nc1nc(-c2ccc(Br)cc2)ncc1C=O. The lowest BCUT2D eigenvalue weighted by molar-refractivity contribution is 0.112. The van der Waals surface area contributed by atoms with Crippen LogP contribution in [-0.4, -0.2) is 16.3 Å². The maximum absolute atomic E-state index is 10.6. The average Bonchev–Trinajstić information content (AvgIpc) is 2.30. The largest absolute Gasteiger partial charge is 0.383 e. The van der Waals surface area contributed by atoms with E-state index in [2.05, 4.69) is 25.9 Å². The number of carbonyl (C=O) groups is 1. The maximum Gasteiger partial charge on any atom is 0.161 e. The Balaban J connectivity index is 2.45. The number of hydrogen-bond acceptors (Lipinski definition) is 4. The summed E-state index contributed by atoms with van der Waals surface area (Å²) in [6.07, 6.45) is 2.06. The average molecular weight is 278 g/mol. The topological polar surface area (TPSA) is 68.9 Å². The van der Waals surface area contributed by atoms with Crippen molar-refractivity contribution in [1.29, 1.82) is 0 Å². The molecule has 0 fully saturated rings. The standard InChI is InChI=1S/C11H8BrN3O/c12-9-3-1-7(2-4-9)11-14-5-8(6-16)10(13)15-11/h1-6H,(H2,13,14,15). The number of carbonyl (C=O) groups excluding carboxylic acids is 1. The fraction of sp³-hybridized carbons (Fsp3) is 0. The van der Waals surface area contributed by atoms with E-state index in [1.807, 2.05) is 24.3 Å². The Kier molecular flexibility index (Phi) is 2.96. The first-order valence-electron chi connectivity index (χ1n) is 4.54. The van der Waals surface area contributed by atoms with Gasteiger partial charge in [-0.1, -0.05) is 28.1 Å². The third kappa shape index (κ3) is 2.09. The summed E-state index contributed by atoms with van der Waals surface area (Å²) >= 11 is 3.34. The molecule has 0 bridgehead atoms. The number of aldehydes is 1. The van der Waals surface area contributed by atoms with Crippen molar-refractivity contribution in [2.45, 2.75) is 0 Å². The van der Waals surface area contributed by atoms with Gasteiger partial charge in [-0.2, -0.15) is 0 Å². The van der Waals surface area contributed by atoms with Crippen molar-refractivity contribution in [3.05, 3.63) is 40.5 Å². The molecule has 0 spiro atoms. The van der Waals surface area contributed by atoms with Crippen LogP contribution in [0, 0.1) is 0 Å². The molecule has 0 saturated heterocycles. The number of halogens is 1. The van der Waals surface area contributed by atoms with E-state index in [1.54, 1.807) is 0 Å². The first-order valence-corrected chi connectivity index (χ1v) is 5.33. The molecule has 0 aliphatic heterocycles. The highest BCUT2D eigenvalue weighted by Crippen LogP contribution is 2.19. The molecule has 2 rings (SSSR count). The second-order valence-electron chi connectivity index (χ2n) is 3.16. The van der Waals surface area contributed by atoms with Crippen molar-refractivity contribution in [2.75, 3.05) is 5.73 Å².